The smallest absolute Gasteiger partial charge is 0.119 e. The summed E-state index contributed by atoms with van der Waals surface area (Å²) in [7, 11) is 0. The Bertz CT molecular complexity index is 353. The van der Waals surface area contributed by atoms with Crippen molar-refractivity contribution in [3.63, 3.8) is 0 Å². The van der Waals surface area contributed by atoms with Crippen molar-refractivity contribution in [1.82, 2.24) is 0 Å². The van der Waals surface area contributed by atoms with Crippen LogP contribution in [0.5, 0.6) is 5.75 Å². The summed E-state index contributed by atoms with van der Waals surface area (Å²) in [6, 6.07) is 8.38. The Hall–Kier alpha value is -1.42. The third-order valence-electron chi connectivity index (χ3n) is 2.73. The normalized spacial score (nSPS) is 11.4. The van der Waals surface area contributed by atoms with Gasteiger partial charge in [-0.25, -0.2) is 0 Å². The van der Waals surface area contributed by atoms with Gasteiger partial charge in [0.05, 0.1) is 6.61 Å². The lowest BCUT2D eigenvalue weighted by Gasteiger charge is -2.10. The van der Waals surface area contributed by atoms with Gasteiger partial charge < -0.3 is 4.74 Å². The molecule has 0 aliphatic heterocycles. The van der Waals surface area contributed by atoms with Gasteiger partial charge in [-0.3, -0.25) is 0 Å². The van der Waals surface area contributed by atoms with Crippen LogP contribution in [0.1, 0.15) is 45.1 Å². The van der Waals surface area contributed by atoms with Gasteiger partial charge >= 0.3 is 0 Å². The van der Waals surface area contributed by atoms with Gasteiger partial charge in [-0.2, -0.15) is 0 Å². The first-order valence-corrected chi connectivity index (χ1v) is 5.90. The third kappa shape index (κ3) is 3.98. The molecule has 0 saturated carbocycles. The first-order valence-electron chi connectivity index (χ1n) is 5.90. The molecule has 1 unspecified atom stereocenters. The largest absolute Gasteiger partial charge is 0.493 e. The Morgan fingerprint density at radius 3 is 2.50 bits per heavy atom. The zero-order valence-electron chi connectivity index (χ0n) is 10.4. The van der Waals surface area contributed by atoms with E-state index >= 15 is 0 Å². The molecule has 0 amide bonds. The van der Waals surface area contributed by atoms with Crippen LogP contribution in [-0.2, 0) is 0 Å². The molecular weight excluding hydrogens is 196 g/mol. The van der Waals surface area contributed by atoms with Crippen molar-refractivity contribution in [3.05, 3.63) is 29.8 Å². The monoisotopic (exact) mass is 216 g/mol. The van der Waals surface area contributed by atoms with Gasteiger partial charge in [-0.05, 0) is 37.0 Å². The summed E-state index contributed by atoms with van der Waals surface area (Å²) in [6.07, 6.45) is 1.97. The highest BCUT2D eigenvalue weighted by atomic mass is 16.5. The minimum Gasteiger partial charge on any atom is -0.493 e. The van der Waals surface area contributed by atoms with Gasteiger partial charge in [0.1, 0.15) is 5.75 Å². The molecule has 0 N–H and O–H groups in total. The van der Waals surface area contributed by atoms with E-state index in [1.165, 1.54) is 12.0 Å². The molecule has 0 spiro atoms. The number of rotatable bonds is 5. The fourth-order valence-electron chi connectivity index (χ4n) is 1.47. The van der Waals surface area contributed by atoms with E-state index in [0.29, 0.717) is 12.5 Å². The Morgan fingerprint density at radius 1 is 1.25 bits per heavy atom. The van der Waals surface area contributed by atoms with Crippen LogP contribution in [0.3, 0.4) is 0 Å². The summed E-state index contributed by atoms with van der Waals surface area (Å²) in [5, 5.41) is 0. The van der Waals surface area contributed by atoms with E-state index in [1.807, 2.05) is 19.1 Å². The first-order chi connectivity index (χ1) is 7.77. The molecule has 86 valence electrons. The predicted octanol–water partition coefficient (Wildman–Crippen LogP) is 3.99. The topological polar surface area (TPSA) is 9.23 Å². The number of hydrogen-bond donors (Lipinski definition) is 0. The molecule has 0 radical (unpaired) electrons. The second kappa shape index (κ2) is 6.95. The lowest BCUT2D eigenvalue weighted by molar-refractivity contribution is 0.327. The molecule has 0 aromatic heterocycles. The van der Waals surface area contributed by atoms with Crippen molar-refractivity contribution in [2.24, 2.45) is 0 Å². The van der Waals surface area contributed by atoms with E-state index in [-0.39, 0.29) is 0 Å². The maximum atomic E-state index is 5.57. The summed E-state index contributed by atoms with van der Waals surface area (Å²) in [4.78, 5) is 0. The lowest BCUT2D eigenvalue weighted by atomic mass is 9.99. The zero-order valence-corrected chi connectivity index (χ0v) is 10.4. The molecule has 1 rings (SSSR count). The quantitative estimate of drug-likeness (QED) is 0.534. The zero-order chi connectivity index (χ0) is 11.8. The van der Waals surface area contributed by atoms with Crippen molar-refractivity contribution in [2.45, 2.75) is 39.5 Å². The Labute approximate surface area is 98.8 Å². The van der Waals surface area contributed by atoms with Gasteiger partial charge in [0, 0.05) is 6.42 Å². The minimum atomic E-state index is 0.625. The first kappa shape index (κ1) is 12.6. The van der Waals surface area contributed by atoms with Crippen LogP contribution in [0.15, 0.2) is 24.3 Å². The maximum Gasteiger partial charge on any atom is 0.119 e. The van der Waals surface area contributed by atoms with Crippen LogP contribution < -0.4 is 4.74 Å². The van der Waals surface area contributed by atoms with Gasteiger partial charge in [0.25, 0.3) is 0 Å². The molecule has 16 heavy (non-hydrogen) atoms. The van der Waals surface area contributed by atoms with E-state index in [2.05, 4.69) is 37.8 Å². The molecule has 0 fully saturated rings. The van der Waals surface area contributed by atoms with Crippen molar-refractivity contribution >= 4 is 0 Å². The SMILES string of the molecule is CC#CCCOc1ccc(C(C)CC)cc1. The molecule has 0 aliphatic carbocycles. The van der Waals surface area contributed by atoms with Gasteiger partial charge in [0.2, 0.25) is 0 Å². The second-order valence-corrected chi connectivity index (χ2v) is 3.90. The van der Waals surface area contributed by atoms with Crippen molar-refractivity contribution < 1.29 is 4.74 Å². The van der Waals surface area contributed by atoms with Gasteiger partial charge in [-0.15, -0.1) is 11.8 Å². The Morgan fingerprint density at radius 2 is 1.94 bits per heavy atom. The minimum absolute atomic E-state index is 0.625. The van der Waals surface area contributed by atoms with E-state index in [9.17, 15) is 0 Å². The van der Waals surface area contributed by atoms with Crippen molar-refractivity contribution in [2.75, 3.05) is 6.61 Å². The summed E-state index contributed by atoms with van der Waals surface area (Å²) in [6.45, 7) is 6.97. The molecule has 1 aromatic rings. The number of ether oxygens (including phenoxy) is 1. The van der Waals surface area contributed by atoms with Crippen LogP contribution in [0.2, 0.25) is 0 Å². The summed E-state index contributed by atoms with van der Waals surface area (Å²) >= 11 is 0. The number of benzene rings is 1. The molecule has 0 heterocycles. The average Bonchev–Trinajstić information content (AvgIpc) is 2.34. The summed E-state index contributed by atoms with van der Waals surface area (Å²) in [5.41, 5.74) is 1.38. The number of hydrogen-bond acceptors (Lipinski definition) is 1. The lowest BCUT2D eigenvalue weighted by Crippen LogP contribution is -1.96. The van der Waals surface area contributed by atoms with Crippen LogP contribution in [0, 0.1) is 11.8 Å². The average molecular weight is 216 g/mol. The van der Waals surface area contributed by atoms with Crippen LogP contribution in [-0.4, -0.2) is 6.61 Å². The van der Waals surface area contributed by atoms with E-state index < -0.39 is 0 Å². The molecule has 0 aliphatic rings. The highest BCUT2D eigenvalue weighted by molar-refractivity contribution is 5.29. The van der Waals surface area contributed by atoms with Crippen LogP contribution in [0.4, 0.5) is 0 Å². The van der Waals surface area contributed by atoms with Crippen LogP contribution in [0.25, 0.3) is 0 Å². The molecule has 1 nitrogen and oxygen atoms in total. The molecule has 0 saturated heterocycles. The third-order valence-corrected chi connectivity index (χ3v) is 2.73. The molecule has 1 aromatic carbocycles. The van der Waals surface area contributed by atoms with E-state index in [4.69, 9.17) is 4.74 Å². The standard InChI is InChI=1S/C15H20O/c1-4-6-7-12-16-15-10-8-14(9-11-15)13(3)5-2/h8-11,13H,5,7,12H2,1-3H3. The second-order valence-electron chi connectivity index (χ2n) is 3.90. The summed E-state index contributed by atoms with van der Waals surface area (Å²) < 4.78 is 5.57. The van der Waals surface area contributed by atoms with Crippen molar-refractivity contribution in [3.8, 4) is 17.6 Å². The van der Waals surface area contributed by atoms with Crippen molar-refractivity contribution in [1.29, 1.82) is 0 Å². The van der Waals surface area contributed by atoms with Gasteiger partial charge in [-0.1, -0.05) is 26.0 Å². The summed E-state index contributed by atoms with van der Waals surface area (Å²) in [5.74, 6) is 7.40. The molecular formula is C15H20O. The van der Waals surface area contributed by atoms with Gasteiger partial charge in [0.15, 0.2) is 0 Å². The highest BCUT2D eigenvalue weighted by Crippen LogP contribution is 2.21. The molecule has 1 atom stereocenters. The Balaban J connectivity index is 2.47. The molecule has 1 heteroatoms. The fourth-order valence-corrected chi connectivity index (χ4v) is 1.47. The Kier molecular flexibility index (Phi) is 5.50. The predicted molar refractivity (Wildman–Crippen MR) is 68.7 cm³/mol. The van der Waals surface area contributed by atoms with E-state index in [1.54, 1.807) is 0 Å². The molecule has 0 bridgehead atoms. The van der Waals surface area contributed by atoms with Crippen LogP contribution >= 0.6 is 0 Å². The highest BCUT2D eigenvalue weighted by Gasteiger charge is 2.02. The fraction of sp³-hybridized carbons (Fsp3) is 0.467. The van der Waals surface area contributed by atoms with E-state index in [0.717, 1.165) is 12.2 Å². The maximum absolute atomic E-state index is 5.57.